The molecule has 1 aliphatic rings. The molecule has 22 heavy (non-hydrogen) atoms. The van der Waals surface area contributed by atoms with Crippen molar-refractivity contribution in [3.63, 3.8) is 0 Å². The highest BCUT2D eigenvalue weighted by molar-refractivity contribution is 5.94. The molecule has 0 aromatic heterocycles. The zero-order chi connectivity index (χ0) is 15.7. The number of rotatable bonds is 4. The third kappa shape index (κ3) is 2.32. The van der Waals surface area contributed by atoms with E-state index >= 15 is 0 Å². The molecule has 0 amide bonds. The molecule has 1 N–H and O–H groups in total. The molecule has 0 saturated heterocycles. The minimum atomic E-state index is -0.654. The van der Waals surface area contributed by atoms with E-state index in [1.165, 1.54) is 25.3 Å². The molecule has 0 radical (unpaired) electrons. The van der Waals surface area contributed by atoms with E-state index in [0.717, 1.165) is 0 Å². The number of fused-ring (bicyclic) bond motifs is 1. The third-order valence-electron chi connectivity index (χ3n) is 3.37. The van der Waals surface area contributed by atoms with Gasteiger partial charge in [0, 0.05) is 11.6 Å². The maximum atomic E-state index is 11.8. The number of nitro groups is 1. The Kier molecular flexibility index (Phi) is 3.38. The van der Waals surface area contributed by atoms with Gasteiger partial charge < -0.3 is 14.8 Å². The van der Waals surface area contributed by atoms with Crippen molar-refractivity contribution in [1.29, 1.82) is 0 Å². The quantitative estimate of drug-likeness (QED) is 0.530. The minimum absolute atomic E-state index is 0.0776. The number of hydrogen-bond donors (Lipinski definition) is 1. The lowest BCUT2D eigenvalue weighted by Gasteiger charge is -2.16. The summed E-state index contributed by atoms with van der Waals surface area (Å²) in [7, 11) is 1.42. The van der Waals surface area contributed by atoms with Crippen molar-refractivity contribution < 1.29 is 19.2 Å². The number of esters is 1. The van der Waals surface area contributed by atoms with Crippen LogP contribution in [0.25, 0.3) is 0 Å². The molecule has 1 atom stereocenters. The van der Waals surface area contributed by atoms with Gasteiger partial charge in [0.1, 0.15) is 5.75 Å². The number of hydrogen-bond acceptors (Lipinski definition) is 6. The fraction of sp³-hybridized carbons (Fsp3) is 0.133. The largest absolute Gasteiger partial charge is 0.494 e. The molecule has 1 aliphatic heterocycles. The van der Waals surface area contributed by atoms with Gasteiger partial charge in [-0.1, -0.05) is 18.2 Å². The number of nitro benzene ring substituents is 1. The standard InChI is InChI=1S/C15H12N2O5/c1-21-13-8-9(17(19)20)6-7-12(13)16-14-10-4-2-3-5-11(10)15(18)22-14/h2-8,14,16H,1H3. The first kappa shape index (κ1) is 13.9. The zero-order valence-corrected chi connectivity index (χ0v) is 11.6. The average molecular weight is 300 g/mol. The van der Waals surface area contributed by atoms with Crippen molar-refractivity contribution in [3.05, 3.63) is 63.7 Å². The molecule has 0 aliphatic carbocycles. The topological polar surface area (TPSA) is 90.7 Å². The highest BCUT2D eigenvalue weighted by Crippen LogP contribution is 2.35. The molecule has 3 rings (SSSR count). The van der Waals surface area contributed by atoms with Crippen molar-refractivity contribution in [2.45, 2.75) is 6.23 Å². The van der Waals surface area contributed by atoms with Gasteiger partial charge in [-0.15, -0.1) is 0 Å². The highest BCUT2D eigenvalue weighted by atomic mass is 16.6. The molecule has 0 saturated carbocycles. The lowest BCUT2D eigenvalue weighted by Crippen LogP contribution is -2.11. The minimum Gasteiger partial charge on any atom is -0.494 e. The first-order chi connectivity index (χ1) is 10.6. The lowest BCUT2D eigenvalue weighted by molar-refractivity contribution is -0.384. The Morgan fingerprint density at radius 1 is 1.27 bits per heavy atom. The number of nitrogens with one attached hydrogen (secondary N) is 1. The van der Waals surface area contributed by atoms with E-state index in [2.05, 4.69) is 5.32 Å². The summed E-state index contributed by atoms with van der Waals surface area (Å²) in [6.07, 6.45) is -0.654. The van der Waals surface area contributed by atoms with Gasteiger partial charge in [0.2, 0.25) is 6.23 Å². The molecule has 2 aromatic rings. The van der Waals surface area contributed by atoms with Crippen LogP contribution in [0.1, 0.15) is 22.1 Å². The summed E-state index contributed by atoms with van der Waals surface area (Å²) in [5.74, 6) is -0.108. The summed E-state index contributed by atoms with van der Waals surface area (Å²) >= 11 is 0. The smallest absolute Gasteiger partial charge is 0.340 e. The molecule has 1 unspecified atom stereocenters. The molecule has 7 heteroatoms. The van der Waals surface area contributed by atoms with Crippen LogP contribution in [0.5, 0.6) is 5.75 Å². The molecular weight excluding hydrogens is 288 g/mol. The van der Waals surface area contributed by atoms with Gasteiger partial charge in [0.15, 0.2) is 0 Å². The maximum absolute atomic E-state index is 11.8. The molecule has 1 heterocycles. The van der Waals surface area contributed by atoms with Crippen LogP contribution < -0.4 is 10.1 Å². The number of non-ortho nitro benzene ring substituents is 1. The summed E-state index contributed by atoms with van der Waals surface area (Å²) in [6.45, 7) is 0. The van der Waals surface area contributed by atoms with E-state index in [1.807, 2.05) is 6.07 Å². The van der Waals surface area contributed by atoms with Crippen LogP contribution in [0.4, 0.5) is 11.4 Å². The van der Waals surface area contributed by atoms with Crippen LogP contribution in [0.2, 0.25) is 0 Å². The van der Waals surface area contributed by atoms with Crippen molar-refractivity contribution >= 4 is 17.3 Å². The Hall–Kier alpha value is -3.09. The van der Waals surface area contributed by atoms with Crippen LogP contribution >= 0.6 is 0 Å². The van der Waals surface area contributed by atoms with E-state index < -0.39 is 17.1 Å². The zero-order valence-electron chi connectivity index (χ0n) is 11.6. The first-order valence-electron chi connectivity index (χ1n) is 6.49. The number of cyclic esters (lactones) is 1. The molecule has 7 nitrogen and oxygen atoms in total. The van der Waals surface area contributed by atoms with Gasteiger partial charge in [-0.2, -0.15) is 0 Å². The number of ether oxygens (including phenoxy) is 2. The first-order valence-corrected chi connectivity index (χ1v) is 6.49. The average Bonchev–Trinajstić information content (AvgIpc) is 2.84. The number of methoxy groups -OCH3 is 1. The van der Waals surface area contributed by atoms with Gasteiger partial charge >= 0.3 is 5.97 Å². The van der Waals surface area contributed by atoms with E-state index in [9.17, 15) is 14.9 Å². The predicted octanol–water partition coefficient (Wildman–Crippen LogP) is 2.88. The van der Waals surface area contributed by atoms with Crippen molar-refractivity contribution in [2.75, 3.05) is 12.4 Å². The fourth-order valence-corrected chi connectivity index (χ4v) is 2.31. The predicted molar refractivity (Wildman–Crippen MR) is 77.9 cm³/mol. The second-order valence-corrected chi connectivity index (χ2v) is 4.66. The third-order valence-corrected chi connectivity index (χ3v) is 3.37. The molecule has 0 fully saturated rings. The monoisotopic (exact) mass is 300 g/mol. The number of benzene rings is 2. The second kappa shape index (κ2) is 5.36. The van der Waals surface area contributed by atoms with E-state index in [1.54, 1.807) is 18.2 Å². The number of anilines is 1. The number of carbonyl (C=O) groups excluding carboxylic acids is 1. The Morgan fingerprint density at radius 3 is 2.77 bits per heavy atom. The van der Waals surface area contributed by atoms with Crippen LogP contribution in [0.15, 0.2) is 42.5 Å². The lowest BCUT2D eigenvalue weighted by atomic mass is 10.1. The molecule has 2 aromatic carbocycles. The summed E-state index contributed by atoms with van der Waals surface area (Å²) in [4.78, 5) is 22.1. The van der Waals surface area contributed by atoms with Crippen molar-refractivity contribution in [3.8, 4) is 5.75 Å². The molecule has 0 spiro atoms. The summed E-state index contributed by atoms with van der Waals surface area (Å²) in [5.41, 5.74) is 1.64. The van der Waals surface area contributed by atoms with Gasteiger partial charge in [0.25, 0.3) is 5.69 Å². The Balaban J connectivity index is 1.91. The summed E-state index contributed by atoms with van der Waals surface area (Å²) in [6, 6.07) is 11.2. The molecule has 112 valence electrons. The number of nitrogens with zero attached hydrogens (tertiary/aromatic N) is 1. The van der Waals surface area contributed by atoms with Gasteiger partial charge in [-0.3, -0.25) is 10.1 Å². The Bertz CT molecular complexity index is 759. The maximum Gasteiger partial charge on any atom is 0.340 e. The molecular formula is C15H12N2O5. The van der Waals surface area contributed by atoms with Crippen molar-refractivity contribution in [2.24, 2.45) is 0 Å². The van der Waals surface area contributed by atoms with Crippen LogP contribution in [-0.4, -0.2) is 18.0 Å². The summed E-state index contributed by atoms with van der Waals surface area (Å²) in [5, 5.41) is 13.8. The van der Waals surface area contributed by atoms with E-state index in [4.69, 9.17) is 9.47 Å². The van der Waals surface area contributed by atoms with Gasteiger partial charge in [0.05, 0.1) is 29.4 Å². The van der Waals surface area contributed by atoms with Crippen LogP contribution in [0, 0.1) is 10.1 Å². The van der Waals surface area contributed by atoms with Gasteiger partial charge in [-0.25, -0.2) is 4.79 Å². The SMILES string of the molecule is COc1cc([N+](=O)[O-])ccc1NC1OC(=O)c2ccccc21. The second-order valence-electron chi connectivity index (χ2n) is 4.66. The molecule has 0 bridgehead atoms. The number of carbonyl (C=O) groups is 1. The Labute approximate surface area is 125 Å². The van der Waals surface area contributed by atoms with Crippen molar-refractivity contribution in [1.82, 2.24) is 0 Å². The normalized spacial score (nSPS) is 15.9. The highest BCUT2D eigenvalue weighted by Gasteiger charge is 2.31. The fourth-order valence-electron chi connectivity index (χ4n) is 2.31. The summed E-state index contributed by atoms with van der Waals surface area (Å²) < 4.78 is 10.4. The van der Waals surface area contributed by atoms with E-state index in [-0.39, 0.29) is 5.69 Å². The Morgan fingerprint density at radius 2 is 2.05 bits per heavy atom. The van der Waals surface area contributed by atoms with Gasteiger partial charge in [-0.05, 0) is 12.1 Å². The van der Waals surface area contributed by atoms with Crippen LogP contribution in [-0.2, 0) is 4.74 Å². The van der Waals surface area contributed by atoms with E-state index in [0.29, 0.717) is 22.6 Å². The van der Waals surface area contributed by atoms with Crippen LogP contribution in [0.3, 0.4) is 0 Å².